The number of amides is 2. The Morgan fingerprint density at radius 1 is 1.23 bits per heavy atom. The van der Waals surface area contributed by atoms with Crippen molar-refractivity contribution in [2.24, 2.45) is 7.05 Å². The van der Waals surface area contributed by atoms with E-state index in [2.05, 4.69) is 5.10 Å². The minimum Gasteiger partial charge on any atom is -0.496 e. The van der Waals surface area contributed by atoms with Crippen LogP contribution in [0.3, 0.4) is 0 Å². The van der Waals surface area contributed by atoms with Gasteiger partial charge in [0.2, 0.25) is 11.8 Å². The standard InChI is InChI=1S/C23H30N4O3/c1-25-16-17(15-24-25)6-5-12-26-19-11-13-27(20(19)14-23(26)29)22(28)10-9-18-7-3-4-8-21(18)30-2/h3-4,7-8,15-16,19-20H,5-6,9-14H2,1-2H3/t19-,20-/m0/s1. The smallest absolute Gasteiger partial charge is 0.225 e. The number of rotatable bonds is 8. The van der Waals surface area contributed by atoms with E-state index in [1.807, 2.05) is 53.5 Å². The molecule has 3 heterocycles. The molecule has 0 radical (unpaired) electrons. The Morgan fingerprint density at radius 3 is 2.83 bits per heavy atom. The van der Waals surface area contributed by atoms with Crippen molar-refractivity contribution in [3.63, 3.8) is 0 Å². The highest BCUT2D eigenvalue weighted by Crippen LogP contribution is 2.33. The summed E-state index contributed by atoms with van der Waals surface area (Å²) >= 11 is 0. The Kier molecular flexibility index (Phi) is 6.06. The van der Waals surface area contributed by atoms with E-state index >= 15 is 0 Å². The highest BCUT2D eigenvalue weighted by atomic mass is 16.5. The normalized spacial score (nSPS) is 20.7. The molecule has 1 aromatic heterocycles. The molecule has 2 atom stereocenters. The second-order valence-electron chi connectivity index (χ2n) is 8.24. The van der Waals surface area contributed by atoms with Crippen LogP contribution >= 0.6 is 0 Å². The van der Waals surface area contributed by atoms with Gasteiger partial charge < -0.3 is 14.5 Å². The Bertz CT molecular complexity index is 909. The number of aryl methyl sites for hydroxylation is 3. The van der Waals surface area contributed by atoms with Crippen LogP contribution in [0, 0.1) is 0 Å². The van der Waals surface area contributed by atoms with Crippen LogP contribution < -0.4 is 4.74 Å². The molecule has 0 spiro atoms. The number of ether oxygens (including phenoxy) is 1. The van der Waals surface area contributed by atoms with Crippen LogP contribution in [0.1, 0.15) is 36.8 Å². The number of aromatic nitrogens is 2. The molecular formula is C23H30N4O3. The van der Waals surface area contributed by atoms with E-state index in [-0.39, 0.29) is 23.9 Å². The maximum Gasteiger partial charge on any atom is 0.225 e. The van der Waals surface area contributed by atoms with Gasteiger partial charge in [-0.3, -0.25) is 14.3 Å². The molecule has 30 heavy (non-hydrogen) atoms. The predicted octanol–water partition coefficient (Wildman–Crippen LogP) is 2.20. The summed E-state index contributed by atoms with van der Waals surface area (Å²) in [5.41, 5.74) is 2.24. The van der Waals surface area contributed by atoms with Crippen LogP contribution in [0.25, 0.3) is 0 Å². The fraction of sp³-hybridized carbons (Fsp3) is 0.522. The molecule has 7 heteroatoms. The zero-order valence-electron chi connectivity index (χ0n) is 17.8. The number of para-hydroxylation sites is 1. The van der Waals surface area contributed by atoms with E-state index in [4.69, 9.17) is 4.74 Å². The summed E-state index contributed by atoms with van der Waals surface area (Å²) in [5, 5.41) is 4.20. The maximum atomic E-state index is 12.9. The summed E-state index contributed by atoms with van der Waals surface area (Å²) in [7, 11) is 3.56. The number of likely N-dealkylation sites (tertiary alicyclic amines) is 2. The lowest BCUT2D eigenvalue weighted by Crippen LogP contribution is -2.40. The van der Waals surface area contributed by atoms with Crippen molar-refractivity contribution in [1.29, 1.82) is 0 Å². The molecule has 1 aromatic carbocycles. The molecule has 0 aliphatic carbocycles. The van der Waals surface area contributed by atoms with Crippen molar-refractivity contribution in [2.75, 3.05) is 20.2 Å². The molecule has 2 amide bonds. The summed E-state index contributed by atoms with van der Waals surface area (Å²) in [6.07, 6.45) is 8.16. The van der Waals surface area contributed by atoms with Gasteiger partial charge in [-0.2, -0.15) is 5.10 Å². The van der Waals surface area contributed by atoms with E-state index in [9.17, 15) is 9.59 Å². The SMILES string of the molecule is COc1ccccc1CCC(=O)N1CC[C@H]2[C@@H]1CC(=O)N2CCCc1cnn(C)c1. The molecule has 2 aromatic rings. The number of fused-ring (bicyclic) bond motifs is 1. The largest absolute Gasteiger partial charge is 0.496 e. The van der Waals surface area contributed by atoms with Gasteiger partial charge in [-0.15, -0.1) is 0 Å². The van der Waals surface area contributed by atoms with Gasteiger partial charge in [-0.1, -0.05) is 18.2 Å². The lowest BCUT2D eigenvalue weighted by Gasteiger charge is -2.25. The average Bonchev–Trinajstić information content (AvgIpc) is 3.42. The van der Waals surface area contributed by atoms with Gasteiger partial charge in [0.05, 0.1) is 25.4 Å². The maximum absolute atomic E-state index is 12.9. The van der Waals surface area contributed by atoms with E-state index in [0.29, 0.717) is 19.3 Å². The van der Waals surface area contributed by atoms with Crippen molar-refractivity contribution in [2.45, 2.75) is 50.6 Å². The molecule has 4 rings (SSSR count). The number of benzene rings is 1. The van der Waals surface area contributed by atoms with Crippen LogP contribution in [0.5, 0.6) is 5.75 Å². The van der Waals surface area contributed by atoms with Gasteiger partial charge in [0.25, 0.3) is 0 Å². The Balaban J connectivity index is 1.31. The van der Waals surface area contributed by atoms with Crippen molar-refractivity contribution in [1.82, 2.24) is 19.6 Å². The lowest BCUT2D eigenvalue weighted by molar-refractivity contribution is -0.132. The van der Waals surface area contributed by atoms with Crippen LogP contribution in [-0.2, 0) is 29.5 Å². The molecule has 2 saturated heterocycles. The first-order valence-corrected chi connectivity index (χ1v) is 10.7. The second-order valence-corrected chi connectivity index (χ2v) is 8.24. The first-order chi connectivity index (χ1) is 14.6. The fourth-order valence-corrected chi connectivity index (χ4v) is 4.88. The van der Waals surface area contributed by atoms with E-state index in [1.165, 1.54) is 5.56 Å². The quantitative estimate of drug-likeness (QED) is 0.669. The van der Waals surface area contributed by atoms with E-state index in [0.717, 1.165) is 43.7 Å². The van der Waals surface area contributed by atoms with Gasteiger partial charge in [0, 0.05) is 39.2 Å². The molecule has 0 N–H and O–H groups in total. The van der Waals surface area contributed by atoms with E-state index < -0.39 is 0 Å². The van der Waals surface area contributed by atoms with Gasteiger partial charge in [0.1, 0.15) is 5.75 Å². The number of carbonyl (C=O) groups excluding carboxylic acids is 2. The Morgan fingerprint density at radius 2 is 2.07 bits per heavy atom. The molecule has 7 nitrogen and oxygen atoms in total. The highest BCUT2D eigenvalue weighted by molar-refractivity contribution is 5.83. The van der Waals surface area contributed by atoms with E-state index in [1.54, 1.807) is 11.8 Å². The summed E-state index contributed by atoms with van der Waals surface area (Å²) in [6.45, 7) is 1.49. The van der Waals surface area contributed by atoms with Crippen LogP contribution in [0.2, 0.25) is 0 Å². The van der Waals surface area contributed by atoms with Crippen LogP contribution in [0.4, 0.5) is 0 Å². The number of nitrogens with zero attached hydrogens (tertiary/aromatic N) is 4. The molecule has 2 aliphatic rings. The number of carbonyl (C=O) groups is 2. The molecule has 0 saturated carbocycles. The van der Waals surface area contributed by atoms with Crippen molar-refractivity contribution >= 4 is 11.8 Å². The zero-order valence-corrected chi connectivity index (χ0v) is 17.8. The minimum absolute atomic E-state index is 0.0288. The lowest BCUT2D eigenvalue weighted by atomic mass is 10.1. The third-order valence-electron chi connectivity index (χ3n) is 6.36. The van der Waals surface area contributed by atoms with Crippen LogP contribution in [0.15, 0.2) is 36.7 Å². The number of hydrogen-bond donors (Lipinski definition) is 0. The van der Waals surface area contributed by atoms with Gasteiger partial charge in [-0.05, 0) is 42.9 Å². The molecular weight excluding hydrogens is 380 g/mol. The minimum atomic E-state index is 0.0288. The predicted molar refractivity (Wildman–Crippen MR) is 113 cm³/mol. The summed E-state index contributed by atoms with van der Waals surface area (Å²) in [6, 6.07) is 8.02. The Hall–Kier alpha value is -2.83. The summed E-state index contributed by atoms with van der Waals surface area (Å²) in [5.74, 6) is 1.14. The Labute approximate surface area is 177 Å². The number of hydrogen-bond acceptors (Lipinski definition) is 4. The van der Waals surface area contributed by atoms with Crippen molar-refractivity contribution in [3.8, 4) is 5.75 Å². The zero-order chi connectivity index (χ0) is 21.1. The molecule has 0 bridgehead atoms. The highest BCUT2D eigenvalue weighted by Gasteiger charge is 2.47. The molecule has 2 aliphatic heterocycles. The van der Waals surface area contributed by atoms with Crippen molar-refractivity contribution < 1.29 is 14.3 Å². The van der Waals surface area contributed by atoms with Crippen molar-refractivity contribution in [3.05, 3.63) is 47.8 Å². The monoisotopic (exact) mass is 410 g/mol. The molecule has 2 fully saturated rings. The van der Waals surface area contributed by atoms with Gasteiger partial charge in [-0.25, -0.2) is 0 Å². The second kappa shape index (κ2) is 8.90. The number of methoxy groups -OCH3 is 1. The molecule has 160 valence electrons. The first-order valence-electron chi connectivity index (χ1n) is 10.7. The van der Waals surface area contributed by atoms with Gasteiger partial charge >= 0.3 is 0 Å². The molecule has 0 unspecified atom stereocenters. The third-order valence-corrected chi connectivity index (χ3v) is 6.36. The average molecular weight is 411 g/mol. The van der Waals surface area contributed by atoms with Crippen LogP contribution in [-0.4, -0.2) is 63.7 Å². The summed E-state index contributed by atoms with van der Waals surface area (Å²) in [4.78, 5) is 29.5. The first kappa shape index (κ1) is 20.4. The van der Waals surface area contributed by atoms with Gasteiger partial charge in [0.15, 0.2) is 0 Å². The topological polar surface area (TPSA) is 67.7 Å². The third kappa shape index (κ3) is 4.20. The fourth-order valence-electron chi connectivity index (χ4n) is 4.88. The summed E-state index contributed by atoms with van der Waals surface area (Å²) < 4.78 is 7.19.